The van der Waals surface area contributed by atoms with Crippen LogP contribution in [-0.2, 0) is 0 Å². The molecule has 11 aromatic rings. The third kappa shape index (κ3) is 8.14. The molecule has 0 aliphatic rings. The smallest absolute Gasteiger partial charge is 0.179 e. The van der Waals surface area contributed by atoms with Crippen LogP contribution in [0.15, 0.2) is 279 Å². The predicted octanol–water partition coefficient (Wildman–Crippen LogP) is 13.5. The maximum Gasteiger partial charge on any atom is 0.179 e. The molecular weight excluding hydrogens is 825 g/mol. The number of hydrogen-bond acceptors (Lipinski definition) is 2. The minimum atomic E-state index is -2.83. The highest BCUT2D eigenvalue weighted by Crippen LogP contribution is 2.44. The molecule has 3 heteroatoms. The topological polar surface area (TPSA) is 25.8 Å². The van der Waals surface area contributed by atoms with E-state index in [1.165, 1.54) is 37.4 Å². The first-order chi connectivity index (χ1) is 33.2. The fourth-order valence-electron chi connectivity index (χ4n) is 9.71. The number of rotatable bonds is 11. The molecule has 0 N–H and O–H groups in total. The van der Waals surface area contributed by atoms with Crippen molar-refractivity contribution in [1.29, 1.82) is 0 Å². The molecular formula is C64H46N2Si. The largest absolute Gasteiger partial charge is 0.228 e. The second kappa shape index (κ2) is 18.5. The molecule has 0 aliphatic carbocycles. The lowest BCUT2D eigenvalue weighted by molar-refractivity contribution is 1.18. The fraction of sp³-hybridized carbons (Fsp3) is 0. The first-order valence-electron chi connectivity index (χ1n) is 22.9. The van der Waals surface area contributed by atoms with Crippen molar-refractivity contribution in [1.82, 2.24) is 9.97 Å². The van der Waals surface area contributed by atoms with E-state index in [9.17, 15) is 0 Å². The van der Waals surface area contributed by atoms with Gasteiger partial charge >= 0.3 is 0 Å². The lowest BCUT2D eigenvalue weighted by atomic mass is 9.84. The van der Waals surface area contributed by atoms with E-state index in [0.29, 0.717) is 5.82 Å². The third-order valence-corrected chi connectivity index (χ3v) is 17.6. The van der Waals surface area contributed by atoms with Gasteiger partial charge in [-0.05, 0) is 89.5 Å². The molecule has 0 spiro atoms. The van der Waals surface area contributed by atoms with Gasteiger partial charge in [-0.2, -0.15) is 0 Å². The molecule has 0 amide bonds. The predicted molar refractivity (Wildman–Crippen MR) is 284 cm³/mol. The Morgan fingerprint density at radius 3 is 1.09 bits per heavy atom. The first-order valence-corrected chi connectivity index (χ1v) is 24.9. The van der Waals surface area contributed by atoms with E-state index in [0.717, 1.165) is 55.9 Å². The highest BCUT2D eigenvalue weighted by atomic mass is 28.3. The van der Waals surface area contributed by atoms with Crippen molar-refractivity contribution in [3.8, 4) is 78.4 Å². The second-order valence-corrected chi connectivity index (χ2v) is 20.7. The van der Waals surface area contributed by atoms with Gasteiger partial charge in [0.25, 0.3) is 0 Å². The van der Waals surface area contributed by atoms with Gasteiger partial charge in [0.05, 0.1) is 11.4 Å². The number of nitrogens with zero attached hydrogens (tertiary/aromatic N) is 2. The Morgan fingerprint density at radius 1 is 0.224 bits per heavy atom. The van der Waals surface area contributed by atoms with Crippen molar-refractivity contribution >= 4 is 28.8 Å². The number of aromatic nitrogens is 2. The summed E-state index contributed by atoms with van der Waals surface area (Å²) in [4.78, 5) is 10.3. The van der Waals surface area contributed by atoms with E-state index < -0.39 is 8.07 Å². The summed E-state index contributed by atoms with van der Waals surface area (Å²) in [5, 5.41) is 5.37. The van der Waals surface area contributed by atoms with Crippen molar-refractivity contribution in [2.75, 3.05) is 0 Å². The first kappa shape index (κ1) is 41.2. The Labute approximate surface area is 394 Å². The summed E-state index contributed by atoms with van der Waals surface area (Å²) in [7, 11) is -2.83. The van der Waals surface area contributed by atoms with Crippen LogP contribution in [-0.4, -0.2) is 18.0 Å². The van der Waals surface area contributed by atoms with Crippen molar-refractivity contribution in [3.63, 3.8) is 0 Å². The van der Waals surface area contributed by atoms with Crippen LogP contribution in [0.4, 0.5) is 0 Å². The quantitative estimate of drug-likeness (QED) is 0.0956. The number of hydrogen-bond donors (Lipinski definition) is 0. The summed E-state index contributed by atoms with van der Waals surface area (Å²) in [5.74, 6) is 0.696. The Balaban J connectivity index is 1.16. The summed E-state index contributed by atoms with van der Waals surface area (Å²) in [6.45, 7) is 0. The van der Waals surface area contributed by atoms with E-state index in [-0.39, 0.29) is 0 Å². The molecule has 11 rings (SSSR count). The maximum absolute atomic E-state index is 5.25. The molecule has 0 saturated carbocycles. The highest BCUT2D eigenvalue weighted by Gasteiger charge is 2.41. The summed E-state index contributed by atoms with van der Waals surface area (Å²) < 4.78 is 0. The molecule has 0 aliphatic heterocycles. The van der Waals surface area contributed by atoms with Gasteiger partial charge in [0, 0.05) is 16.7 Å². The van der Waals surface area contributed by atoms with E-state index in [1.54, 1.807) is 0 Å². The molecule has 1 aromatic heterocycles. The van der Waals surface area contributed by atoms with Crippen LogP contribution < -0.4 is 20.7 Å². The van der Waals surface area contributed by atoms with Gasteiger partial charge in [-0.25, -0.2) is 9.97 Å². The molecule has 0 fully saturated rings. The van der Waals surface area contributed by atoms with Crippen molar-refractivity contribution in [3.05, 3.63) is 279 Å². The summed E-state index contributed by atoms with van der Waals surface area (Å²) in [6, 6.07) is 101. The standard InChI is InChI=1S/C64H46N2Si/c1-8-24-47(25-9-1)54-44-59(51-32-22-34-53(42-51)62-46-61(48-26-10-2-11-27-48)65-64(66-62)50-30-14-4-15-31-50)63(49-28-12-3-13-29-49)60(45-54)52-33-23-41-58(43-52)67(55-35-16-5-17-36-55,56-37-18-6-19-38-56)57-39-20-7-21-40-57/h1-46H. The van der Waals surface area contributed by atoms with Crippen LogP contribution in [0, 0.1) is 0 Å². The van der Waals surface area contributed by atoms with Crippen LogP contribution in [0.3, 0.4) is 0 Å². The molecule has 0 saturated heterocycles. The zero-order chi connectivity index (χ0) is 44.8. The van der Waals surface area contributed by atoms with Gasteiger partial charge in [0.15, 0.2) is 13.9 Å². The van der Waals surface area contributed by atoms with Crippen LogP contribution in [0.5, 0.6) is 0 Å². The Bertz CT molecular complexity index is 3260. The average molecular weight is 871 g/mol. The van der Waals surface area contributed by atoms with E-state index >= 15 is 0 Å². The van der Waals surface area contributed by atoms with Gasteiger partial charge in [-0.3, -0.25) is 0 Å². The summed E-state index contributed by atoms with van der Waals surface area (Å²) >= 11 is 0. The minimum absolute atomic E-state index is 0.696. The maximum atomic E-state index is 5.25. The molecule has 316 valence electrons. The normalized spacial score (nSPS) is 11.3. The van der Waals surface area contributed by atoms with E-state index in [4.69, 9.17) is 9.97 Å². The fourth-order valence-corrected chi connectivity index (χ4v) is 14.5. The van der Waals surface area contributed by atoms with Gasteiger partial charge in [-0.1, -0.05) is 255 Å². The van der Waals surface area contributed by atoms with Crippen LogP contribution in [0.2, 0.25) is 0 Å². The minimum Gasteiger partial charge on any atom is -0.228 e. The SMILES string of the molecule is c1ccc(-c2cc(-c3cccc(-c4cc(-c5ccccc5)nc(-c5ccccc5)n4)c3)c(-c3ccccc3)c(-c3cccc([Si](c4ccccc4)(c4ccccc4)c4ccccc4)c3)c2)cc1. The molecule has 1 heterocycles. The third-order valence-electron chi connectivity index (χ3n) is 12.8. The van der Waals surface area contributed by atoms with Gasteiger partial charge < -0.3 is 0 Å². The molecule has 2 nitrogen and oxygen atoms in total. The lowest BCUT2D eigenvalue weighted by Gasteiger charge is -2.34. The van der Waals surface area contributed by atoms with Crippen molar-refractivity contribution < 1.29 is 0 Å². The Hall–Kier alpha value is -8.50. The molecule has 67 heavy (non-hydrogen) atoms. The average Bonchev–Trinajstić information content (AvgIpc) is 3.42. The molecule has 0 unspecified atom stereocenters. The zero-order valence-corrected chi connectivity index (χ0v) is 38.0. The lowest BCUT2D eigenvalue weighted by Crippen LogP contribution is -2.74. The molecule has 0 bridgehead atoms. The van der Waals surface area contributed by atoms with Crippen LogP contribution in [0.25, 0.3) is 78.4 Å². The highest BCUT2D eigenvalue weighted by molar-refractivity contribution is 7.19. The van der Waals surface area contributed by atoms with Gasteiger partial charge in [0.2, 0.25) is 0 Å². The van der Waals surface area contributed by atoms with Crippen molar-refractivity contribution in [2.45, 2.75) is 0 Å². The molecule has 0 radical (unpaired) electrons. The van der Waals surface area contributed by atoms with Gasteiger partial charge in [0.1, 0.15) is 0 Å². The number of benzene rings is 10. The summed E-state index contributed by atoms with van der Waals surface area (Å²) in [6.07, 6.45) is 0. The Kier molecular flexibility index (Phi) is 11.4. The molecule has 0 atom stereocenters. The monoisotopic (exact) mass is 870 g/mol. The van der Waals surface area contributed by atoms with E-state index in [1.807, 2.05) is 24.3 Å². The second-order valence-electron chi connectivity index (χ2n) is 16.9. The van der Waals surface area contributed by atoms with Crippen LogP contribution in [0.1, 0.15) is 0 Å². The van der Waals surface area contributed by atoms with Crippen molar-refractivity contribution in [2.24, 2.45) is 0 Å². The van der Waals surface area contributed by atoms with Gasteiger partial charge in [-0.15, -0.1) is 0 Å². The van der Waals surface area contributed by atoms with E-state index in [2.05, 4.69) is 255 Å². The zero-order valence-electron chi connectivity index (χ0n) is 37.0. The molecule has 10 aromatic carbocycles. The van der Waals surface area contributed by atoms with Crippen LogP contribution >= 0.6 is 0 Å². The summed E-state index contributed by atoms with van der Waals surface area (Å²) in [5.41, 5.74) is 14.0. The Morgan fingerprint density at radius 2 is 0.582 bits per heavy atom.